The lowest BCUT2D eigenvalue weighted by Gasteiger charge is -2.21. The molecule has 0 spiro atoms. The number of aliphatic hydroxyl groups excluding tert-OH is 2. The van der Waals surface area contributed by atoms with Crippen LogP contribution in [0, 0.1) is 10.1 Å². The van der Waals surface area contributed by atoms with E-state index >= 15 is 0 Å². The number of hydrogen-bond donors (Lipinski definition) is 3. The number of aliphatic hydroxyl groups is 2. The first-order valence-corrected chi connectivity index (χ1v) is 9.62. The minimum atomic E-state index is -1.03. The highest BCUT2D eigenvalue weighted by atomic mass is 16.6. The van der Waals surface area contributed by atoms with Crippen molar-refractivity contribution in [2.24, 2.45) is 0 Å². The van der Waals surface area contributed by atoms with E-state index in [1.807, 2.05) is 0 Å². The number of aromatic amines is 1. The van der Waals surface area contributed by atoms with Gasteiger partial charge in [-0.05, 0) is 0 Å². The number of hydrogen-bond acceptors (Lipinski definition) is 10. The molecule has 172 valence electrons. The van der Waals surface area contributed by atoms with Crippen molar-refractivity contribution in [2.75, 3.05) is 26.9 Å². The summed E-state index contributed by atoms with van der Waals surface area (Å²) in [5.74, 6) is 0. The number of non-ortho nitro benzene ring substituents is 1. The Morgan fingerprint density at radius 1 is 1.28 bits per heavy atom. The number of benzene rings is 1. The molecule has 0 aliphatic carbocycles. The Labute approximate surface area is 181 Å². The second-order valence-electron chi connectivity index (χ2n) is 6.71. The highest BCUT2D eigenvalue weighted by Gasteiger charge is 2.45. The van der Waals surface area contributed by atoms with Gasteiger partial charge in [-0.25, -0.2) is 9.97 Å². The Kier molecular flexibility index (Phi) is 7.97. The van der Waals surface area contributed by atoms with E-state index in [-0.39, 0.29) is 30.0 Å². The normalized spacial score (nSPS) is 22.5. The molecule has 4 rings (SSSR count). The maximum absolute atomic E-state index is 11.7. The standard InChI is InChI=1S/C13H18N4O6.C6H5NO2/c1-21-2-3-22-10-9(19)7(4-18)23-13(10)17-6-16-8-11(17)14-5-15-12(8)20;8-7(9)6-4-2-1-3-5-6/h5-7,9-10,13,18-19H,2-4H2,1H3,(H,14,15,20);1-5H/t7-,9-,10-,13-;/m1./s1. The van der Waals surface area contributed by atoms with E-state index in [4.69, 9.17) is 14.2 Å². The molecule has 4 atom stereocenters. The number of ether oxygens (including phenoxy) is 3. The summed E-state index contributed by atoms with van der Waals surface area (Å²) in [6.07, 6.45) is -0.678. The number of rotatable bonds is 7. The van der Waals surface area contributed by atoms with Gasteiger partial charge in [0.15, 0.2) is 17.4 Å². The Balaban J connectivity index is 0.000000269. The minimum absolute atomic E-state index is 0.137. The lowest BCUT2D eigenvalue weighted by atomic mass is 10.1. The fourth-order valence-corrected chi connectivity index (χ4v) is 3.14. The van der Waals surface area contributed by atoms with Crippen LogP contribution in [0.2, 0.25) is 0 Å². The fourth-order valence-electron chi connectivity index (χ4n) is 3.14. The zero-order valence-electron chi connectivity index (χ0n) is 17.1. The molecule has 13 nitrogen and oxygen atoms in total. The van der Waals surface area contributed by atoms with Crippen LogP contribution in [0.4, 0.5) is 5.69 Å². The molecule has 1 aliphatic rings. The molecule has 3 aromatic rings. The average molecular weight is 449 g/mol. The minimum Gasteiger partial charge on any atom is -0.394 e. The average Bonchev–Trinajstić information content (AvgIpc) is 3.37. The van der Waals surface area contributed by atoms with E-state index < -0.39 is 29.5 Å². The molecule has 1 aliphatic heterocycles. The number of imidazole rings is 1. The SMILES string of the molecule is COCCO[C@@H]1[C@H](O)[C@@H](CO)O[C@H]1n1cnc2c(=O)[nH]cnc21.O=[N+]([O-])c1ccccc1. The van der Waals surface area contributed by atoms with Crippen molar-refractivity contribution in [1.82, 2.24) is 19.5 Å². The monoisotopic (exact) mass is 449 g/mol. The molecule has 0 unspecified atom stereocenters. The van der Waals surface area contributed by atoms with E-state index in [9.17, 15) is 25.1 Å². The van der Waals surface area contributed by atoms with Crippen molar-refractivity contribution in [2.45, 2.75) is 24.5 Å². The molecule has 1 aromatic carbocycles. The molecule has 0 amide bonds. The van der Waals surface area contributed by atoms with Gasteiger partial charge in [-0.2, -0.15) is 0 Å². The number of nitrogens with zero attached hydrogens (tertiary/aromatic N) is 4. The van der Waals surface area contributed by atoms with Gasteiger partial charge in [0, 0.05) is 19.2 Å². The summed E-state index contributed by atoms with van der Waals surface area (Å²) < 4.78 is 17.7. The maximum atomic E-state index is 11.7. The quantitative estimate of drug-likeness (QED) is 0.253. The molecule has 1 fully saturated rings. The molecule has 0 saturated carbocycles. The summed E-state index contributed by atoms with van der Waals surface area (Å²) >= 11 is 0. The lowest BCUT2D eigenvalue weighted by Crippen LogP contribution is -2.36. The molecular weight excluding hydrogens is 426 g/mol. The maximum Gasteiger partial charge on any atom is 0.278 e. The number of methoxy groups -OCH3 is 1. The third-order valence-electron chi connectivity index (χ3n) is 4.70. The number of H-pyrrole nitrogens is 1. The van der Waals surface area contributed by atoms with E-state index in [1.54, 1.807) is 25.3 Å². The second kappa shape index (κ2) is 10.9. The smallest absolute Gasteiger partial charge is 0.278 e. The summed E-state index contributed by atoms with van der Waals surface area (Å²) in [7, 11) is 1.54. The Morgan fingerprint density at radius 3 is 2.66 bits per heavy atom. The van der Waals surface area contributed by atoms with Gasteiger partial charge in [0.1, 0.15) is 18.3 Å². The van der Waals surface area contributed by atoms with Crippen LogP contribution in [0.3, 0.4) is 0 Å². The van der Waals surface area contributed by atoms with Crippen LogP contribution in [0.25, 0.3) is 11.2 Å². The van der Waals surface area contributed by atoms with Gasteiger partial charge >= 0.3 is 0 Å². The van der Waals surface area contributed by atoms with Crippen molar-refractivity contribution in [1.29, 1.82) is 0 Å². The molecule has 3 N–H and O–H groups in total. The summed E-state index contributed by atoms with van der Waals surface area (Å²) in [5.41, 5.74) is 0.235. The predicted octanol–water partition coefficient (Wildman–Crippen LogP) is -0.00340. The molecule has 0 radical (unpaired) electrons. The zero-order chi connectivity index (χ0) is 23.1. The zero-order valence-corrected chi connectivity index (χ0v) is 17.1. The van der Waals surface area contributed by atoms with E-state index in [0.29, 0.717) is 12.3 Å². The van der Waals surface area contributed by atoms with Gasteiger partial charge < -0.3 is 29.4 Å². The van der Waals surface area contributed by atoms with E-state index in [1.165, 1.54) is 29.4 Å². The molecule has 13 heteroatoms. The van der Waals surface area contributed by atoms with Crippen molar-refractivity contribution in [3.8, 4) is 0 Å². The van der Waals surface area contributed by atoms with Crippen LogP contribution in [0.5, 0.6) is 0 Å². The van der Waals surface area contributed by atoms with Crippen LogP contribution >= 0.6 is 0 Å². The van der Waals surface area contributed by atoms with Crippen LogP contribution in [0.15, 0.2) is 47.8 Å². The molecule has 1 saturated heterocycles. The number of nitrogens with one attached hydrogen (secondary N) is 1. The fraction of sp³-hybridized carbons (Fsp3) is 0.421. The molecular formula is C19H23N5O8. The second-order valence-corrected chi connectivity index (χ2v) is 6.71. The molecule has 2 aromatic heterocycles. The number of nitro benzene ring substituents is 1. The lowest BCUT2D eigenvalue weighted by molar-refractivity contribution is -0.384. The van der Waals surface area contributed by atoms with Gasteiger partial charge in [-0.15, -0.1) is 0 Å². The van der Waals surface area contributed by atoms with Crippen LogP contribution in [-0.4, -0.2) is 79.9 Å². The summed E-state index contributed by atoms with van der Waals surface area (Å²) in [6, 6.07) is 7.93. The van der Waals surface area contributed by atoms with E-state index in [2.05, 4.69) is 15.0 Å². The molecule has 3 heterocycles. The largest absolute Gasteiger partial charge is 0.394 e. The van der Waals surface area contributed by atoms with Gasteiger partial charge in [-0.3, -0.25) is 19.5 Å². The highest BCUT2D eigenvalue weighted by molar-refractivity contribution is 5.68. The number of para-hydroxylation sites is 1. The van der Waals surface area contributed by atoms with Crippen molar-refractivity contribution >= 4 is 16.9 Å². The number of fused-ring (bicyclic) bond motifs is 1. The van der Waals surface area contributed by atoms with Gasteiger partial charge in [0.25, 0.3) is 11.2 Å². The summed E-state index contributed by atoms with van der Waals surface area (Å²) in [5, 5.41) is 29.6. The Bertz CT molecular complexity index is 1070. The van der Waals surface area contributed by atoms with Crippen molar-refractivity contribution in [3.05, 3.63) is 63.5 Å². The molecule has 32 heavy (non-hydrogen) atoms. The van der Waals surface area contributed by atoms with Gasteiger partial charge in [-0.1, -0.05) is 18.2 Å². The predicted molar refractivity (Wildman–Crippen MR) is 110 cm³/mol. The first-order chi connectivity index (χ1) is 15.5. The van der Waals surface area contributed by atoms with Crippen LogP contribution in [-0.2, 0) is 14.2 Å². The van der Waals surface area contributed by atoms with E-state index in [0.717, 1.165) is 0 Å². The van der Waals surface area contributed by atoms with Crippen molar-refractivity contribution in [3.63, 3.8) is 0 Å². The first kappa shape index (κ1) is 23.4. The number of nitro groups is 1. The molecule has 0 bridgehead atoms. The summed E-state index contributed by atoms with van der Waals surface area (Å²) in [4.78, 5) is 31.9. The van der Waals surface area contributed by atoms with Crippen LogP contribution < -0.4 is 5.56 Å². The van der Waals surface area contributed by atoms with Crippen LogP contribution in [0.1, 0.15) is 6.23 Å². The topological polar surface area (TPSA) is 175 Å². The Hall–Kier alpha value is -3.23. The van der Waals surface area contributed by atoms with Gasteiger partial charge in [0.05, 0.1) is 37.4 Å². The van der Waals surface area contributed by atoms with Gasteiger partial charge in [0.2, 0.25) is 0 Å². The van der Waals surface area contributed by atoms with Crippen molar-refractivity contribution < 1.29 is 29.3 Å². The first-order valence-electron chi connectivity index (χ1n) is 9.62. The highest BCUT2D eigenvalue weighted by Crippen LogP contribution is 2.32. The third kappa shape index (κ3) is 5.15. The number of aromatic nitrogens is 4. The Morgan fingerprint density at radius 2 is 2.03 bits per heavy atom. The summed E-state index contributed by atoms with van der Waals surface area (Å²) in [6.45, 7) is 0.238. The third-order valence-corrected chi connectivity index (χ3v) is 4.70.